The molecule has 0 atom stereocenters. The first-order valence-corrected chi connectivity index (χ1v) is 8.02. The lowest BCUT2D eigenvalue weighted by Crippen LogP contribution is -2.21. The Bertz CT molecular complexity index is 875. The van der Waals surface area contributed by atoms with Gasteiger partial charge < -0.3 is 10.2 Å². The van der Waals surface area contributed by atoms with Crippen LogP contribution in [0.25, 0.3) is 10.9 Å². The molecule has 0 aliphatic carbocycles. The Hall–Kier alpha value is -2.59. The molecule has 0 aliphatic heterocycles. The van der Waals surface area contributed by atoms with E-state index in [1.54, 1.807) is 19.0 Å². The van der Waals surface area contributed by atoms with Crippen molar-refractivity contribution in [2.24, 2.45) is 0 Å². The molecule has 5 heteroatoms. The minimum Gasteiger partial charge on any atom is -0.381 e. The first-order valence-electron chi connectivity index (χ1n) is 7.64. The van der Waals surface area contributed by atoms with E-state index in [1.807, 2.05) is 54.6 Å². The van der Waals surface area contributed by atoms with Gasteiger partial charge in [0.2, 0.25) is 0 Å². The number of fused-ring (bicyclic) bond motifs is 1. The molecule has 1 heterocycles. The number of carbonyl (C=O) groups is 1. The molecule has 4 nitrogen and oxygen atoms in total. The van der Waals surface area contributed by atoms with Crippen LogP contribution in [0.2, 0.25) is 5.15 Å². The molecule has 0 aliphatic rings. The van der Waals surface area contributed by atoms with Crippen molar-refractivity contribution < 1.29 is 4.79 Å². The molecular weight excluding hydrogens is 322 g/mol. The Kier molecular flexibility index (Phi) is 4.67. The first-order chi connectivity index (χ1) is 11.5. The van der Waals surface area contributed by atoms with Crippen molar-refractivity contribution in [1.82, 2.24) is 9.88 Å². The summed E-state index contributed by atoms with van der Waals surface area (Å²) >= 11 is 6.27. The zero-order valence-corrected chi connectivity index (χ0v) is 14.3. The number of aromatic nitrogens is 1. The number of nitrogens with zero attached hydrogens (tertiary/aromatic N) is 2. The van der Waals surface area contributed by atoms with E-state index in [4.69, 9.17) is 11.6 Å². The zero-order valence-electron chi connectivity index (χ0n) is 13.6. The molecule has 122 valence electrons. The number of benzene rings is 2. The van der Waals surface area contributed by atoms with E-state index >= 15 is 0 Å². The van der Waals surface area contributed by atoms with Gasteiger partial charge in [0.25, 0.3) is 5.91 Å². The van der Waals surface area contributed by atoms with E-state index in [9.17, 15) is 4.79 Å². The lowest BCUT2D eigenvalue weighted by molar-refractivity contribution is 0.0827. The molecule has 1 N–H and O–H groups in total. The second-order valence-electron chi connectivity index (χ2n) is 5.76. The fourth-order valence-electron chi connectivity index (χ4n) is 2.45. The van der Waals surface area contributed by atoms with Gasteiger partial charge in [-0.1, -0.05) is 29.8 Å². The SMILES string of the molecule is CN(C)C(=O)c1ccc(NCc2cc3ccccc3nc2Cl)cc1. The van der Waals surface area contributed by atoms with Gasteiger partial charge in [-0.2, -0.15) is 0 Å². The summed E-state index contributed by atoms with van der Waals surface area (Å²) in [5.41, 5.74) is 3.41. The molecule has 0 saturated carbocycles. The predicted octanol–water partition coefficient (Wildman–Crippen LogP) is 4.20. The molecule has 3 rings (SSSR count). The van der Waals surface area contributed by atoms with Crippen LogP contribution < -0.4 is 5.32 Å². The normalized spacial score (nSPS) is 10.6. The minimum absolute atomic E-state index is 0.0108. The number of amides is 1. The van der Waals surface area contributed by atoms with Crippen molar-refractivity contribution in [1.29, 1.82) is 0 Å². The maximum absolute atomic E-state index is 11.9. The average Bonchev–Trinajstić information content (AvgIpc) is 2.59. The number of hydrogen-bond acceptors (Lipinski definition) is 3. The number of nitrogens with one attached hydrogen (secondary N) is 1. The van der Waals surface area contributed by atoms with E-state index in [1.165, 1.54) is 0 Å². The maximum Gasteiger partial charge on any atom is 0.253 e. The van der Waals surface area contributed by atoms with Gasteiger partial charge in [0.15, 0.2) is 0 Å². The van der Waals surface area contributed by atoms with Gasteiger partial charge in [-0.15, -0.1) is 0 Å². The summed E-state index contributed by atoms with van der Waals surface area (Å²) in [7, 11) is 3.48. The van der Waals surface area contributed by atoms with E-state index in [0.717, 1.165) is 22.2 Å². The lowest BCUT2D eigenvalue weighted by atomic mass is 10.1. The highest BCUT2D eigenvalue weighted by Crippen LogP contribution is 2.21. The van der Waals surface area contributed by atoms with Crippen molar-refractivity contribution >= 4 is 34.1 Å². The van der Waals surface area contributed by atoms with Gasteiger partial charge >= 0.3 is 0 Å². The van der Waals surface area contributed by atoms with Crippen molar-refractivity contribution in [3.8, 4) is 0 Å². The number of anilines is 1. The summed E-state index contributed by atoms with van der Waals surface area (Å²) in [4.78, 5) is 17.9. The monoisotopic (exact) mass is 339 g/mol. The summed E-state index contributed by atoms with van der Waals surface area (Å²) in [5.74, 6) is -0.0108. The van der Waals surface area contributed by atoms with Crippen molar-refractivity contribution in [3.05, 3.63) is 70.9 Å². The molecule has 0 fully saturated rings. The molecule has 0 saturated heterocycles. The molecule has 0 spiro atoms. The zero-order chi connectivity index (χ0) is 17.1. The molecule has 1 amide bonds. The third-order valence-electron chi connectivity index (χ3n) is 3.77. The Balaban J connectivity index is 1.74. The second kappa shape index (κ2) is 6.89. The second-order valence-corrected chi connectivity index (χ2v) is 6.12. The van der Waals surface area contributed by atoms with Crippen LogP contribution in [-0.4, -0.2) is 29.9 Å². The van der Waals surface area contributed by atoms with Crippen molar-refractivity contribution in [2.75, 3.05) is 19.4 Å². The van der Waals surface area contributed by atoms with Gasteiger partial charge in [-0.05, 0) is 36.4 Å². The van der Waals surface area contributed by atoms with E-state index in [0.29, 0.717) is 17.3 Å². The number of pyridine rings is 1. The van der Waals surface area contributed by atoms with Crippen LogP contribution in [0.4, 0.5) is 5.69 Å². The summed E-state index contributed by atoms with van der Waals surface area (Å²) in [6, 6.07) is 17.3. The summed E-state index contributed by atoms with van der Waals surface area (Å²) in [5, 5.41) is 4.87. The van der Waals surface area contributed by atoms with Crippen LogP contribution in [-0.2, 0) is 6.54 Å². The highest BCUT2D eigenvalue weighted by molar-refractivity contribution is 6.30. The third kappa shape index (κ3) is 3.49. The molecule has 1 aromatic heterocycles. The predicted molar refractivity (Wildman–Crippen MR) is 98.5 cm³/mol. The molecule has 0 unspecified atom stereocenters. The summed E-state index contributed by atoms with van der Waals surface area (Å²) in [6.45, 7) is 0.567. The number of rotatable bonds is 4. The maximum atomic E-state index is 11.9. The van der Waals surface area contributed by atoms with Crippen LogP contribution in [0.1, 0.15) is 15.9 Å². The number of carbonyl (C=O) groups excluding carboxylic acids is 1. The van der Waals surface area contributed by atoms with Gasteiger partial charge in [0.1, 0.15) is 5.15 Å². The lowest BCUT2D eigenvalue weighted by Gasteiger charge is -2.12. The summed E-state index contributed by atoms with van der Waals surface area (Å²) < 4.78 is 0. The largest absolute Gasteiger partial charge is 0.381 e. The van der Waals surface area contributed by atoms with Crippen LogP contribution in [0.3, 0.4) is 0 Å². The van der Waals surface area contributed by atoms with Crippen LogP contribution >= 0.6 is 11.6 Å². The number of halogens is 1. The van der Waals surface area contributed by atoms with E-state index < -0.39 is 0 Å². The third-order valence-corrected chi connectivity index (χ3v) is 4.10. The van der Waals surface area contributed by atoms with Gasteiger partial charge in [0.05, 0.1) is 5.52 Å². The van der Waals surface area contributed by atoms with E-state index in [-0.39, 0.29) is 5.91 Å². The molecule has 3 aromatic rings. The highest BCUT2D eigenvalue weighted by atomic mass is 35.5. The number of hydrogen-bond donors (Lipinski definition) is 1. The van der Waals surface area contributed by atoms with Crippen molar-refractivity contribution in [3.63, 3.8) is 0 Å². The quantitative estimate of drug-likeness (QED) is 0.724. The first kappa shape index (κ1) is 16.3. The van der Waals surface area contributed by atoms with Crippen LogP contribution in [0, 0.1) is 0 Å². The molecular formula is C19H18ClN3O. The molecule has 0 radical (unpaired) electrons. The number of para-hydroxylation sites is 1. The standard InChI is InChI=1S/C19H18ClN3O/c1-23(2)19(24)13-7-9-16(10-8-13)21-12-15-11-14-5-3-4-6-17(14)22-18(15)20/h3-11,21H,12H2,1-2H3. The fourth-order valence-corrected chi connectivity index (χ4v) is 2.66. The molecule has 2 aromatic carbocycles. The fraction of sp³-hybridized carbons (Fsp3) is 0.158. The van der Waals surface area contributed by atoms with Gasteiger partial charge in [-0.25, -0.2) is 4.98 Å². The van der Waals surface area contributed by atoms with Crippen molar-refractivity contribution in [2.45, 2.75) is 6.54 Å². The molecule has 0 bridgehead atoms. The summed E-state index contributed by atoms with van der Waals surface area (Å²) in [6.07, 6.45) is 0. The molecule has 24 heavy (non-hydrogen) atoms. The van der Waals surface area contributed by atoms with Gasteiger partial charge in [0, 0.05) is 42.8 Å². The van der Waals surface area contributed by atoms with E-state index in [2.05, 4.69) is 10.3 Å². The Morgan fingerprint density at radius 2 is 1.83 bits per heavy atom. The topological polar surface area (TPSA) is 45.2 Å². The smallest absolute Gasteiger partial charge is 0.253 e. The average molecular weight is 340 g/mol. The minimum atomic E-state index is -0.0108. The van der Waals surface area contributed by atoms with Crippen LogP contribution in [0.15, 0.2) is 54.6 Å². The van der Waals surface area contributed by atoms with Gasteiger partial charge in [-0.3, -0.25) is 4.79 Å². The van der Waals surface area contributed by atoms with Crippen LogP contribution in [0.5, 0.6) is 0 Å². The Labute approximate surface area is 146 Å². The Morgan fingerprint density at radius 1 is 1.12 bits per heavy atom. The Morgan fingerprint density at radius 3 is 2.54 bits per heavy atom. The highest BCUT2D eigenvalue weighted by Gasteiger charge is 2.08.